The second-order valence-electron chi connectivity index (χ2n) is 5.46. The number of benzene rings is 1. The van der Waals surface area contributed by atoms with Crippen LogP contribution in [0.3, 0.4) is 0 Å². The Morgan fingerprint density at radius 1 is 1.23 bits per heavy atom. The number of nitrogens with one attached hydrogen (secondary N) is 1. The van der Waals surface area contributed by atoms with Crippen molar-refractivity contribution in [3.05, 3.63) is 35.9 Å². The van der Waals surface area contributed by atoms with Gasteiger partial charge < -0.3 is 29.7 Å². The van der Waals surface area contributed by atoms with Crippen molar-refractivity contribution in [2.75, 3.05) is 6.61 Å². The van der Waals surface area contributed by atoms with Gasteiger partial charge in [0, 0.05) is 12.5 Å². The lowest BCUT2D eigenvalue weighted by Gasteiger charge is -2.46. The Hall–Kier alpha value is -1.51. The van der Waals surface area contributed by atoms with Crippen molar-refractivity contribution >= 4 is 5.91 Å². The van der Waals surface area contributed by atoms with Gasteiger partial charge in [0.15, 0.2) is 12.6 Å². The molecule has 0 aromatic heterocycles. The summed E-state index contributed by atoms with van der Waals surface area (Å²) in [4.78, 5) is 11.2. The van der Waals surface area contributed by atoms with Crippen LogP contribution in [0.2, 0.25) is 0 Å². The van der Waals surface area contributed by atoms with E-state index in [9.17, 15) is 15.0 Å². The summed E-state index contributed by atoms with van der Waals surface area (Å²) >= 11 is 0. The van der Waals surface area contributed by atoms with Crippen molar-refractivity contribution in [3.63, 3.8) is 0 Å². The maximum atomic E-state index is 11.2. The highest BCUT2D eigenvalue weighted by Crippen LogP contribution is 2.33. The third kappa shape index (κ3) is 2.99. The molecule has 0 saturated carbocycles. The lowest BCUT2D eigenvalue weighted by Crippen LogP contribution is -2.66. The molecule has 2 heterocycles. The van der Waals surface area contributed by atoms with E-state index in [0.717, 1.165) is 5.56 Å². The standard InChI is InChI=1S/C15H19NO6/c1-8(17)16-11-12(18)13-10(21-14(11)19)7-20-15(22-13)9-5-3-2-4-6-9/h2-6,10-15,18-19H,7H2,1H3,(H,16,17)/t10-,11-,12-,13+,14-,15-/m1/s1. The molecule has 1 aromatic rings. The zero-order chi connectivity index (χ0) is 15.7. The van der Waals surface area contributed by atoms with Gasteiger partial charge in [-0.25, -0.2) is 0 Å². The van der Waals surface area contributed by atoms with Crippen LogP contribution in [-0.4, -0.2) is 53.4 Å². The molecule has 3 rings (SSSR count). The number of fused-ring (bicyclic) bond motifs is 1. The molecule has 0 radical (unpaired) electrons. The minimum Gasteiger partial charge on any atom is -0.388 e. The third-order valence-corrected chi connectivity index (χ3v) is 3.83. The summed E-state index contributed by atoms with van der Waals surface area (Å²) in [6.07, 6.45) is -4.29. The topological polar surface area (TPSA) is 97.3 Å². The first-order valence-electron chi connectivity index (χ1n) is 7.17. The van der Waals surface area contributed by atoms with E-state index in [4.69, 9.17) is 14.2 Å². The SMILES string of the molecule is CC(=O)N[C@@H]1[C@@H](O)[C@H]2O[C@H](c3ccccc3)OC[C@H]2O[C@H]1O. The summed E-state index contributed by atoms with van der Waals surface area (Å²) in [7, 11) is 0. The van der Waals surface area contributed by atoms with Crippen molar-refractivity contribution in [2.24, 2.45) is 0 Å². The molecule has 7 heteroatoms. The largest absolute Gasteiger partial charge is 0.388 e. The third-order valence-electron chi connectivity index (χ3n) is 3.83. The number of ether oxygens (including phenoxy) is 3. The molecule has 2 fully saturated rings. The molecule has 1 aromatic carbocycles. The number of rotatable bonds is 2. The van der Waals surface area contributed by atoms with E-state index in [0.29, 0.717) is 0 Å². The maximum Gasteiger partial charge on any atom is 0.217 e. The first-order chi connectivity index (χ1) is 10.6. The molecule has 0 unspecified atom stereocenters. The summed E-state index contributed by atoms with van der Waals surface area (Å²) in [5.41, 5.74) is 0.829. The van der Waals surface area contributed by atoms with Crippen LogP contribution in [0, 0.1) is 0 Å². The Bertz CT molecular complexity index is 524. The van der Waals surface area contributed by atoms with Crippen LogP contribution >= 0.6 is 0 Å². The monoisotopic (exact) mass is 309 g/mol. The van der Waals surface area contributed by atoms with Crippen LogP contribution in [0.15, 0.2) is 30.3 Å². The van der Waals surface area contributed by atoms with Crippen LogP contribution in [0.25, 0.3) is 0 Å². The molecule has 6 atom stereocenters. The summed E-state index contributed by atoms with van der Waals surface area (Å²) < 4.78 is 16.8. The minimum absolute atomic E-state index is 0.186. The number of carbonyl (C=O) groups is 1. The van der Waals surface area contributed by atoms with E-state index in [1.807, 2.05) is 30.3 Å². The van der Waals surface area contributed by atoms with Gasteiger partial charge in [-0.05, 0) is 0 Å². The lowest BCUT2D eigenvalue weighted by atomic mass is 9.96. The molecule has 3 N–H and O–H groups in total. The van der Waals surface area contributed by atoms with Crippen LogP contribution in [0.5, 0.6) is 0 Å². The Morgan fingerprint density at radius 3 is 2.64 bits per heavy atom. The molecule has 120 valence electrons. The number of aliphatic hydroxyl groups excluding tert-OH is 2. The highest BCUT2D eigenvalue weighted by Gasteiger charge is 2.49. The summed E-state index contributed by atoms with van der Waals surface area (Å²) in [6.45, 7) is 1.49. The summed E-state index contributed by atoms with van der Waals surface area (Å²) in [5, 5.41) is 22.8. The molecule has 2 aliphatic rings. The molecule has 0 spiro atoms. The fourth-order valence-corrected chi connectivity index (χ4v) is 2.78. The van der Waals surface area contributed by atoms with Crippen LogP contribution in [0.1, 0.15) is 18.8 Å². The predicted octanol–water partition coefficient (Wildman–Crippen LogP) is -0.317. The number of carbonyl (C=O) groups excluding carboxylic acids is 1. The van der Waals surface area contributed by atoms with Gasteiger partial charge in [0.1, 0.15) is 24.4 Å². The van der Waals surface area contributed by atoms with E-state index in [2.05, 4.69) is 5.32 Å². The average molecular weight is 309 g/mol. The molecule has 0 aliphatic carbocycles. The second-order valence-corrected chi connectivity index (χ2v) is 5.46. The van der Waals surface area contributed by atoms with Crippen molar-refractivity contribution in [2.45, 2.75) is 43.9 Å². The molecule has 2 saturated heterocycles. The average Bonchev–Trinajstić information content (AvgIpc) is 2.52. The number of amides is 1. The quantitative estimate of drug-likeness (QED) is 0.693. The normalized spacial score (nSPS) is 38.1. The van der Waals surface area contributed by atoms with Gasteiger partial charge in [-0.2, -0.15) is 0 Å². The highest BCUT2D eigenvalue weighted by molar-refractivity contribution is 5.73. The Balaban J connectivity index is 1.75. The molecule has 7 nitrogen and oxygen atoms in total. The van der Waals surface area contributed by atoms with E-state index >= 15 is 0 Å². The lowest BCUT2D eigenvalue weighted by molar-refractivity contribution is -0.337. The van der Waals surface area contributed by atoms with Crippen LogP contribution < -0.4 is 5.32 Å². The molecule has 0 bridgehead atoms. The van der Waals surface area contributed by atoms with E-state index in [-0.39, 0.29) is 12.5 Å². The van der Waals surface area contributed by atoms with Crippen molar-refractivity contribution in [1.82, 2.24) is 5.32 Å². The predicted molar refractivity (Wildman–Crippen MR) is 74.5 cm³/mol. The fourth-order valence-electron chi connectivity index (χ4n) is 2.78. The first-order valence-corrected chi connectivity index (χ1v) is 7.17. The fraction of sp³-hybridized carbons (Fsp3) is 0.533. The molecular weight excluding hydrogens is 290 g/mol. The number of hydrogen-bond donors (Lipinski definition) is 3. The minimum atomic E-state index is -1.30. The zero-order valence-corrected chi connectivity index (χ0v) is 12.1. The van der Waals surface area contributed by atoms with Crippen LogP contribution in [0.4, 0.5) is 0 Å². The van der Waals surface area contributed by atoms with Gasteiger partial charge in [-0.3, -0.25) is 4.79 Å². The first kappa shape index (κ1) is 15.4. The van der Waals surface area contributed by atoms with Gasteiger partial charge in [-0.1, -0.05) is 30.3 Å². The van der Waals surface area contributed by atoms with Crippen molar-refractivity contribution in [1.29, 1.82) is 0 Å². The Kier molecular flexibility index (Phi) is 4.42. The number of hydrogen-bond acceptors (Lipinski definition) is 6. The van der Waals surface area contributed by atoms with Crippen LogP contribution in [-0.2, 0) is 19.0 Å². The zero-order valence-electron chi connectivity index (χ0n) is 12.1. The Labute approximate surface area is 127 Å². The van der Waals surface area contributed by atoms with E-state index in [1.54, 1.807) is 0 Å². The van der Waals surface area contributed by atoms with Gasteiger partial charge in [-0.15, -0.1) is 0 Å². The highest BCUT2D eigenvalue weighted by atomic mass is 16.7. The van der Waals surface area contributed by atoms with Gasteiger partial charge >= 0.3 is 0 Å². The molecular formula is C15H19NO6. The molecule has 1 amide bonds. The van der Waals surface area contributed by atoms with Gasteiger partial charge in [0.2, 0.25) is 5.91 Å². The van der Waals surface area contributed by atoms with E-state index < -0.39 is 36.9 Å². The Morgan fingerprint density at radius 2 is 1.95 bits per heavy atom. The number of aliphatic hydroxyl groups is 2. The van der Waals surface area contributed by atoms with Crippen molar-refractivity contribution in [3.8, 4) is 0 Å². The summed E-state index contributed by atoms with van der Waals surface area (Å²) in [6, 6.07) is 8.41. The second kappa shape index (κ2) is 6.31. The van der Waals surface area contributed by atoms with Gasteiger partial charge in [0.05, 0.1) is 6.61 Å². The van der Waals surface area contributed by atoms with E-state index in [1.165, 1.54) is 6.92 Å². The summed E-state index contributed by atoms with van der Waals surface area (Å²) in [5.74, 6) is -0.364. The van der Waals surface area contributed by atoms with Crippen molar-refractivity contribution < 1.29 is 29.2 Å². The molecule has 2 aliphatic heterocycles. The molecule has 22 heavy (non-hydrogen) atoms. The maximum absolute atomic E-state index is 11.2. The van der Waals surface area contributed by atoms with Gasteiger partial charge in [0.25, 0.3) is 0 Å². The smallest absolute Gasteiger partial charge is 0.217 e.